The minimum Gasteiger partial charge on any atom is -0.493 e. The zero-order valence-corrected chi connectivity index (χ0v) is 16.7. The fourth-order valence-electron chi connectivity index (χ4n) is 2.44. The molecule has 5 nitrogen and oxygen atoms in total. The van der Waals surface area contributed by atoms with Gasteiger partial charge in [0.2, 0.25) is 0 Å². The second-order valence-electron chi connectivity index (χ2n) is 5.69. The lowest BCUT2D eigenvalue weighted by molar-refractivity contribution is 0.354. The summed E-state index contributed by atoms with van der Waals surface area (Å²) in [4.78, 5) is 4.22. The smallest absolute Gasteiger partial charge is 0.191 e. The van der Waals surface area contributed by atoms with E-state index >= 15 is 0 Å². The van der Waals surface area contributed by atoms with Crippen LogP contribution in [0.15, 0.2) is 47.5 Å². The largest absolute Gasteiger partial charge is 0.493 e. The molecule has 146 valence electrons. The van der Waals surface area contributed by atoms with Gasteiger partial charge in [0.15, 0.2) is 17.5 Å². The number of benzene rings is 2. The third kappa shape index (κ3) is 6.67. The highest BCUT2D eigenvalue weighted by Gasteiger charge is 2.05. The molecule has 2 N–H and O–H groups in total. The average Bonchev–Trinajstić information content (AvgIpc) is 2.71. The van der Waals surface area contributed by atoms with Crippen LogP contribution in [-0.2, 0) is 12.3 Å². The number of rotatable bonds is 9. The summed E-state index contributed by atoms with van der Waals surface area (Å²) < 4.78 is 24.1. The lowest BCUT2D eigenvalue weighted by Gasteiger charge is -2.13. The van der Waals surface area contributed by atoms with Gasteiger partial charge in [0, 0.05) is 31.6 Å². The molecule has 27 heavy (non-hydrogen) atoms. The number of ether oxygens (including phenoxy) is 2. The molecule has 0 aliphatic rings. The van der Waals surface area contributed by atoms with Gasteiger partial charge in [-0.25, -0.2) is 4.39 Å². The number of guanidine groups is 1. The summed E-state index contributed by atoms with van der Waals surface area (Å²) in [5.74, 6) is 3.48. The molecule has 0 atom stereocenters. The van der Waals surface area contributed by atoms with Crippen molar-refractivity contribution in [2.45, 2.75) is 12.3 Å². The number of nitrogens with zero attached hydrogens (tertiary/aromatic N) is 1. The third-order valence-corrected chi connectivity index (χ3v) is 4.89. The molecule has 0 saturated heterocycles. The van der Waals surface area contributed by atoms with Crippen LogP contribution < -0.4 is 20.1 Å². The zero-order valence-electron chi connectivity index (χ0n) is 15.9. The van der Waals surface area contributed by atoms with E-state index in [0.29, 0.717) is 23.8 Å². The Morgan fingerprint density at radius 1 is 1.07 bits per heavy atom. The predicted molar refractivity (Wildman–Crippen MR) is 110 cm³/mol. The standard InChI is InChI=1S/C20H26FN3O2S/c1-22-20(23-10-11-27-14-16-6-4-5-7-17(16)21)24-13-15-8-9-18(25-2)19(12-15)26-3/h4-9,12H,10-11,13-14H2,1-3H3,(H2,22,23,24). The Bertz CT molecular complexity index is 756. The summed E-state index contributed by atoms with van der Waals surface area (Å²) in [5, 5.41) is 6.53. The summed E-state index contributed by atoms with van der Waals surface area (Å²) >= 11 is 1.68. The van der Waals surface area contributed by atoms with Gasteiger partial charge in [0.05, 0.1) is 14.2 Å². The Labute approximate surface area is 164 Å². The average molecular weight is 392 g/mol. The molecule has 0 aromatic heterocycles. The molecule has 0 saturated carbocycles. The molecule has 0 aliphatic carbocycles. The van der Waals surface area contributed by atoms with Crippen molar-refractivity contribution >= 4 is 17.7 Å². The van der Waals surface area contributed by atoms with Gasteiger partial charge in [-0.3, -0.25) is 4.99 Å². The van der Waals surface area contributed by atoms with Crippen molar-refractivity contribution in [3.63, 3.8) is 0 Å². The van der Waals surface area contributed by atoms with Crippen molar-refractivity contribution < 1.29 is 13.9 Å². The molecule has 2 rings (SSSR count). The van der Waals surface area contributed by atoms with Gasteiger partial charge in [-0.05, 0) is 29.3 Å². The molecule has 7 heteroatoms. The van der Waals surface area contributed by atoms with E-state index in [1.807, 2.05) is 30.3 Å². The number of thioether (sulfide) groups is 1. The molecule has 0 spiro atoms. The van der Waals surface area contributed by atoms with E-state index in [1.54, 1.807) is 39.1 Å². The lowest BCUT2D eigenvalue weighted by Crippen LogP contribution is -2.37. The van der Waals surface area contributed by atoms with Crippen LogP contribution in [0.3, 0.4) is 0 Å². The Hall–Kier alpha value is -2.41. The highest BCUT2D eigenvalue weighted by atomic mass is 32.2. The first-order chi connectivity index (χ1) is 13.2. The summed E-state index contributed by atoms with van der Waals surface area (Å²) in [6, 6.07) is 12.7. The van der Waals surface area contributed by atoms with Gasteiger partial charge in [0.25, 0.3) is 0 Å². The van der Waals surface area contributed by atoms with E-state index in [-0.39, 0.29) is 5.82 Å². The minimum absolute atomic E-state index is 0.148. The van der Waals surface area contributed by atoms with Crippen LogP contribution in [0.5, 0.6) is 11.5 Å². The molecular weight excluding hydrogens is 365 g/mol. The SMILES string of the molecule is CN=C(NCCSCc1ccccc1F)NCc1ccc(OC)c(OC)c1. The fraction of sp³-hybridized carbons (Fsp3) is 0.350. The molecule has 0 fully saturated rings. The van der Waals surface area contributed by atoms with Gasteiger partial charge < -0.3 is 20.1 Å². The van der Waals surface area contributed by atoms with E-state index in [4.69, 9.17) is 9.47 Å². The second-order valence-corrected chi connectivity index (χ2v) is 6.79. The number of halogens is 1. The van der Waals surface area contributed by atoms with Gasteiger partial charge in [-0.15, -0.1) is 0 Å². The van der Waals surface area contributed by atoms with Crippen LogP contribution in [0.1, 0.15) is 11.1 Å². The minimum atomic E-state index is -0.148. The number of nitrogens with one attached hydrogen (secondary N) is 2. The normalized spacial score (nSPS) is 11.2. The van der Waals surface area contributed by atoms with Crippen molar-refractivity contribution in [3.8, 4) is 11.5 Å². The Morgan fingerprint density at radius 3 is 2.56 bits per heavy atom. The van der Waals surface area contributed by atoms with Crippen LogP contribution >= 0.6 is 11.8 Å². The molecule has 0 amide bonds. The van der Waals surface area contributed by atoms with Crippen molar-refractivity contribution in [2.24, 2.45) is 4.99 Å². The van der Waals surface area contributed by atoms with Gasteiger partial charge in [0.1, 0.15) is 5.82 Å². The maximum absolute atomic E-state index is 13.6. The maximum Gasteiger partial charge on any atom is 0.191 e. The summed E-state index contributed by atoms with van der Waals surface area (Å²) in [5.41, 5.74) is 1.79. The Morgan fingerprint density at radius 2 is 1.85 bits per heavy atom. The maximum atomic E-state index is 13.6. The van der Waals surface area contributed by atoms with Crippen LogP contribution in [0.4, 0.5) is 4.39 Å². The topological polar surface area (TPSA) is 54.9 Å². The molecule has 0 bridgehead atoms. The molecule has 0 unspecified atom stereocenters. The molecule has 0 radical (unpaired) electrons. The second kappa shape index (κ2) is 11.3. The highest BCUT2D eigenvalue weighted by Crippen LogP contribution is 2.27. The Balaban J connectivity index is 1.72. The van der Waals surface area contributed by atoms with Crippen molar-refractivity contribution in [1.29, 1.82) is 0 Å². The predicted octanol–water partition coefficient (Wildman–Crippen LogP) is 3.44. The van der Waals surface area contributed by atoms with E-state index in [0.717, 1.165) is 29.4 Å². The van der Waals surface area contributed by atoms with Crippen LogP contribution in [0, 0.1) is 5.82 Å². The van der Waals surface area contributed by atoms with Crippen molar-refractivity contribution in [3.05, 3.63) is 59.4 Å². The molecule has 0 aliphatic heterocycles. The van der Waals surface area contributed by atoms with Gasteiger partial charge >= 0.3 is 0 Å². The number of hydrogen-bond donors (Lipinski definition) is 2. The quantitative estimate of drug-likeness (QED) is 0.390. The number of aliphatic imine (C=N–C) groups is 1. The Kier molecular flexibility index (Phi) is 8.77. The molecular formula is C20H26FN3O2S. The molecule has 2 aromatic carbocycles. The number of hydrogen-bond acceptors (Lipinski definition) is 4. The van der Waals surface area contributed by atoms with Gasteiger partial charge in [-0.2, -0.15) is 11.8 Å². The van der Waals surface area contributed by atoms with Crippen LogP contribution in [0.25, 0.3) is 0 Å². The molecule has 2 aromatic rings. The monoisotopic (exact) mass is 391 g/mol. The first-order valence-corrected chi connectivity index (χ1v) is 9.80. The van der Waals surface area contributed by atoms with Gasteiger partial charge in [-0.1, -0.05) is 24.3 Å². The fourth-order valence-corrected chi connectivity index (χ4v) is 3.28. The highest BCUT2D eigenvalue weighted by molar-refractivity contribution is 7.98. The van der Waals surface area contributed by atoms with Crippen molar-refractivity contribution in [1.82, 2.24) is 10.6 Å². The van der Waals surface area contributed by atoms with Crippen LogP contribution in [-0.4, -0.2) is 39.5 Å². The molecule has 0 heterocycles. The zero-order chi connectivity index (χ0) is 19.5. The van der Waals surface area contributed by atoms with Crippen LogP contribution in [0.2, 0.25) is 0 Å². The lowest BCUT2D eigenvalue weighted by atomic mass is 10.2. The van der Waals surface area contributed by atoms with E-state index in [1.165, 1.54) is 6.07 Å². The first-order valence-electron chi connectivity index (χ1n) is 8.64. The number of methoxy groups -OCH3 is 2. The van der Waals surface area contributed by atoms with E-state index < -0.39 is 0 Å². The van der Waals surface area contributed by atoms with E-state index in [2.05, 4.69) is 15.6 Å². The summed E-state index contributed by atoms with van der Waals surface area (Å²) in [6.45, 7) is 1.35. The summed E-state index contributed by atoms with van der Waals surface area (Å²) in [7, 11) is 4.97. The first kappa shape index (κ1) is 20.9. The summed E-state index contributed by atoms with van der Waals surface area (Å²) in [6.07, 6.45) is 0. The third-order valence-electron chi connectivity index (χ3n) is 3.89. The van der Waals surface area contributed by atoms with Crippen molar-refractivity contribution in [2.75, 3.05) is 33.6 Å². The van der Waals surface area contributed by atoms with E-state index in [9.17, 15) is 4.39 Å².